The van der Waals surface area contributed by atoms with Crippen molar-refractivity contribution in [2.75, 3.05) is 23.8 Å². The van der Waals surface area contributed by atoms with Gasteiger partial charge in [-0.1, -0.05) is 6.07 Å². The van der Waals surface area contributed by atoms with E-state index in [1.807, 2.05) is 0 Å². The molecule has 1 fully saturated rings. The minimum absolute atomic E-state index is 0.0163. The average molecular weight is 421 g/mol. The van der Waals surface area contributed by atoms with Gasteiger partial charge in [-0.25, -0.2) is 4.39 Å². The molecule has 0 bridgehead atoms. The molecule has 0 spiro atoms. The molecule has 158 valence electrons. The van der Waals surface area contributed by atoms with E-state index in [0.29, 0.717) is 12.3 Å². The maximum absolute atomic E-state index is 14.1. The number of amides is 1. The van der Waals surface area contributed by atoms with Gasteiger partial charge in [0.2, 0.25) is 5.91 Å². The van der Waals surface area contributed by atoms with Crippen molar-refractivity contribution >= 4 is 29.2 Å². The Morgan fingerprint density at radius 2 is 2.10 bits per heavy atom. The number of hydrogen-bond acceptors (Lipinski definition) is 4. The number of halogens is 4. The fourth-order valence-corrected chi connectivity index (χ4v) is 3.64. The van der Waals surface area contributed by atoms with Crippen LogP contribution >= 0.6 is 0 Å². The molecule has 2 aliphatic rings. The van der Waals surface area contributed by atoms with E-state index in [2.05, 4.69) is 15.6 Å². The number of nitrogens with zero attached hydrogens (tertiary/aromatic N) is 1. The first-order valence-corrected chi connectivity index (χ1v) is 9.53. The van der Waals surface area contributed by atoms with Gasteiger partial charge in [-0.05, 0) is 43.2 Å². The maximum Gasteiger partial charge on any atom is 0.418 e. The maximum atomic E-state index is 14.1. The summed E-state index contributed by atoms with van der Waals surface area (Å²) in [6, 6.07) is 7.86. The van der Waals surface area contributed by atoms with Crippen LogP contribution in [0.25, 0.3) is 0 Å². The van der Waals surface area contributed by atoms with Crippen molar-refractivity contribution in [3.63, 3.8) is 0 Å². The molecule has 2 aromatic carbocycles. The highest BCUT2D eigenvalue weighted by atomic mass is 19.4. The third-order valence-electron chi connectivity index (χ3n) is 5.13. The molecule has 30 heavy (non-hydrogen) atoms. The molecule has 0 aliphatic carbocycles. The molecule has 0 aromatic heterocycles. The standard InChI is InChI=1S/C21H19F4N3O2/c22-16-4-1-5-18-19(16)14(20(29)28-18)11-26-12-6-7-17(15(9-12)21(23,24)25)27-10-13-3-2-8-30-13/h1,4-7,9,11,13-14,27H,2-3,8,10H2,(H,28,29). The van der Waals surface area contributed by atoms with Crippen LogP contribution in [0.5, 0.6) is 0 Å². The van der Waals surface area contributed by atoms with Crippen molar-refractivity contribution in [1.82, 2.24) is 0 Å². The Morgan fingerprint density at radius 3 is 2.83 bits per heavy atom. The van der Waals surface area contributed by atoms with Gasteiger partial charge in [0.15, 0.2) is 0 Å². The van der Waals surface area contributed by atoms with Crippen molar-refractivity contribution in [3.05, 3.63) is 53.3 Å². The van der Waals surface area contributed by atoms with Crippen molar-refractivity contribution < 1.29 is 27.1 Å². The van der Waals surface area contributed by atoms with Crippen LogP contribution in [0, 0.1) is 5.82 Å². The lowest BCUT2D eigenvalue weighted by atomic mass is 10.0. The Bertz CT molecular complexity index is 985. The van der Waals surface area contributed by atoms with Gasteiger partial charge in [0, 0.05) is 36.3 Å². The summed E-state index contributed by atoms with van der Waals surface area (Å²) in [7, 11) is 0. The summed E-state index contributed by atoms with van der Waals surface area (Å²) in [6.45, 7) is 0.897. The van der Waals surface area contributed by atoms with Crippen molar-refractivity contribution in [2.24, 2.45) is 4.99 Å². The molecule has 2 atom stereocenters. The highest BCUT2D eigenvalue weighted by molar-refractivity contribution is 6.12. The summed E-state index contributed by atoms with van der Waals surface area (Å²) in [6.07, 6.45) is -1.84. The first kappa shape index (κ1) is 20.3. The SMILES string of the molecule is O=C1Nc2cccc(F)c2C1C=Nc1ccc(NCC2CCCO2)c(C(F)(F)F)c1. The largest absolute Gasteiger partial charge is 0.418 e. The van der Waals surface area contributed by atoms with Gasteiger partial charge in [-0.3, -0.25) is 9.79 Å². The third-order valence-corrected chi connectivity index (χ3v) is 5.13. The van der Waals surface area contributed by atoms with Crippen LogP contribution in [0.2, 0.25) is 0 Å². The lowest BCUT2D eigenvalue weighted by Gasteiger charge is -2.17. The number of anilines is 2. The lowest BCUT2D eigenvalue weighted by molar-refractivity contribution is -0.137. The summed E-state index contributed by atoms with van der Waals surface area (Å²) in [5.74, 6) is -2.07. The summed E-state index contributed by atoms with van der Waals surface area (Å²) in [5, 5.41) is 5.34. The van der Waals surface area contributed by atoms with E-state index in [1.165, 1.54) is 30.5 Å². The van der Waals surface area contributed by atoms with E-state index in [-0.39, 0.29) is 29.6 Å². The number of aliphatic imine (C=N–C) groups is 1. The highest BCUT2D eigenvalue weighted by Crippen LogP contribution is 2.38. The molecule has 2 heterocycles. The van der Waals surface area contributed by atoms with Crippen LogP contribution in [-0.4, -0.2) is 31.4 Å². The zero-order chi connectivity index (χ0) is 21.3. The first-order chi connectivity index (χ1) is 14.3. The summed E-state index contributed by atoms with van der Waals surface area (Å²) < 4.78 is 60.2. The molecule has 2 N–H and O–H groups in total. The molecular formula is C21H19F4N3O2. The Hall–Kier alpha value is -2.94. The van der Waals surface area contributed by atoms with Crippen molar-refractivity contribution in [3.8, 4) is 0 Å². The average Bonchev–Trinajstić information content (AvgIpc) is 3.32. The first-order valence-electron chi connectivity index (χ1n) is 9.53. The predicted octanol–water partition coefficient (Wildman–Crippen LogP) is 4.87. The van der Waals surface area contributed by atoms with E-state index >= 15 is 0 Å². The lowest BCUT2D eigenvalue weighted by Crippen LogP contribution is -2.20. The predicted molar refractivity (Wildman–Crippen MR) is 105 cm³/mol. The molecule has 5 nitrogen and oxygen atoms in total. The molecule has 0 saturated carbocycles. The normalized spacial score (nSPS) is 21.1. The van der Waals surface area contributed by atoms with Crippen LogP contribution in [0.15, 0.2) is 41.4 Å². The number of carbonyl (C=O) groups is 1. The van der Waals surface area contributed by atoms with Crippen LogP contribution in [-0.2, 0) is 15.7 Å². The van der Waals surface area contributed by atoms with Gasteiger partial charge >= 0.3 is 6.18 Å². The molecule has 0 radical (unpaired) electrons. The van der Waals surface area contributed by atoms with Crippen LogP contribution in [0.1, 0.15) is 29.9 Å². The number of carbonyl (C=O) groups excluding carboxylic acids is 1. The van der Waals surface area contributed by atoms with E-state index in [9.17, 15) is 22.4 Å². The van der Waals surface area contributed by atoms with E-state index < -0.39 is 29.4 Å². The fourth-order valence-electron chi connectivity index (χ4n) is 3.64. The van der Waals surface area contributed by atoms with E-state index in [4.69, 9.17) is 4.74 Å². The van der Waals surface area contributed by atoms with Gasteiger partial charge in [0.25, 0.3) is 0 Å². The number of benzene rings is 2. The molecule has 4 rings (SSSR count). The van der Waals surface area contributed by atoms with Crippen molar-refractivity contribution in [1.29, 1.82) is 0 Å². The number of hydrogen-bond donors (Lipinski definition) is 2. The Morgan fingerprint density at radius 1 is 1.27 bits per heavy atom. The molecular weight excluding hydrogens is 402 g/mol. The Kier molecular flexibility index (Phi) is 5.46. The van der Waals surface area contributed by atoms with E-state index in [0.717, 1.165) is 18.9 Å². The topological polar surface area (TPSA) is 62.7 Å². The summed E-state index contributed by atoms with van der Waals surface area (Å²) in [5.41, 5.74) is -0.439. The molecule has 2 aromatic rings. The number of fused-ring (bicyclic) bond motifs is 1. The van der Waals surface area contributed by atoms with Crippen LogP contribution < -0.4 is 10.6 Å². The van der Waals surface area contributed by atoms with Gasteiger partial charge in [-0.15, -0.1) is 0 Å². The summed E-state index contributed by atoms with van der Waals surface area (Å²) in [4.78, 5) is 16.2. The summed E-state index contributed by atoms with van der Waals surface area (Å²) >= 11 is 0. The smallest absolute Gasteiger partial charge is 0.382 e. The zero-order valence-corrected chi connectivity index (χ0v) is 15.8. The minimum atomic E-state index is -4.59. The number of alkyl halides is 3. The quantitative estimate of drug-likeness (QED) is 0.535. The molecule has 9 heteroatoms. The second-order valence-corrected chi connectivity index (χ2v) is 7.19. The number of nitrogens with one attached hydrogen (secondary N) is 2. The molecule has 1 saturated heterocycles. The Labute approximate surface area is 170 Å². The van der Waals surface area contributed by atoms with Gasteiger partial charge in [-0.2, -0.15) is 13.2 Å². The third kappa shape index (κ3) is 4.16. The van der Waals surface area contributed by atoms with Crippen LogP contribution in [0.3, 0.4) is 0 Å². The van der Waals surface area contributed by atoms with E-state index in [1.54, 1.807) is 6.07 Å². The highest BCUT2D eigenvalue weighted by Gasteiger charge is 2.35. The minimum Gasteiger partial charge on any atom is -0.382 e. The fraction of sp³-hybridized carbons (Fsp3) is 0.333. The Balaban J connectivity index is 1.57. The van der Waals surface area contributed by atoms with Crippen LogP contribution in [0.4, 0.5) is 34.6 Å². The number of rotatable bonds is 5. The second-order valence-electron chi connectivity index (χ2n) is 7.19. The van der Waals surface area contributed by atoms with Gasteiger partial charge in [0.05, 0.1) is 17.4 Å². The monoisotopic (exact) mass is 421 g/mol. The molecule has 2 unspecified atom stereocenters. The van der Waals surface area contributed by atoms with Gasteiger partial charge in [0.1, 0.15) is 11.7 Å². The number of ether oxygens (including phenoxy) is 1. The molecule has 2 aliphatic heterocycles. The van der Waals surface area contributed by atoms with Gasteiger partial charge < -0.3 is 15.4 Å². The second kappa shape index (κ2) is 8.06. The molecule has 1 amide bonds. The zero-order valence-electron chi connectivity index (χ0n) is 15.8. The van der Waals surface area contributed by atoms with Crippen molar-refractivity contribution in [2.45, 2.75) is 31.0 Å².